The molecule has 0 unspecified atom stereocenters. The van der Waals surface area contributed by atoms with Crippen molar-refractivity contribution >= 4 is 21.8 Å². The Balaban J connectivity index is 2.14. The van der Waals surface area contributed by atoms with Crippen molar-refractivity contribution in [1.29, 1.82) is 0 Å². The summed E-state index contributed by atoms with van der Waals surface area (Å²) in [5, 5.41) is 2.86. The molecule has 2 amide bonds. The number of nitrogens with one attached hydrogen (secondary N) is 1. The van der Waals surface area contributed by atoms with Crippen molar-refractivity contribution in [2.75, 3.05) is 46.1 Å². The van der Waals surface area contributed by atoms with Crippen LogP contribution >= 0.6 is 0 Å². The van der Waals surface area contributed by atoms with Crippen molar-refractivity contribution < 1.29 is 31.6 Å². The Bertz CT molecular complexity index is 940. The monoisotopic (exact) mass is 452 g/mol. The highest BCUT2D eigenvalue weighted by molar-refractivity contribution is 7.86. The van der Waals surface area contributed by atoms with Gasteiger partial charge in [0.15, 0.2) is 0 Å². The van der Waals surface area contributed by atoms with E-state index in [0.717, 1.165) is 11.8 Å². The fourth-order valence-corrected chi connectivity index (χ4v) is 3.24. The third-order valence-corrected chi connectivity index (χ3v) is 4.71. The number of carbonyl (C=O) groups excluding carboxylic acids is 1. The molecule has 0 bridgehead atoms. The van der Waals surface area contributed by atoms with E-state index in [2.05, 4.69) is 5.32 Å². The van der Waals surface area contributed by atoms with E-state index < -0.39 is 10.1 Å². The first-order valence-corrected chi connectivity index (χ1v) is 11.3. The summed E-state index contributed by atoms with van der Waals surface area (Å²) in [5.74, 6) is 1.33. The molecule has 0 aliphatic heterocycles. The summed E-state index contributed by atoms with van der Waals surface area (Å²) < 4.78 is 42.9. The lowest BCUT2D eigenvalue weighted by Gasteiger charge is -2.23. The van der Waals surface area contributed by atoms with Gasteiger partial charge in [0.25, 0.3) is 0 Å². The fourth-order valence-electron chi connectivity index (χ4n) is 2.78. The van der Waals surface area contributed by atoms with Crippen molar-refractivity contribution in [2.45, 2.75) is 13.0 Å². The lowest BCUT2D eigenvalue weighted by atomic mass is 10.2. The smallest absolute Gasteiger partial charge is 0.322 e. The zero-order chi connectivity index (χ0) is 22.9. The van der Waals surface area contributed by atoms with Crippen LogP contribution in [-0.4, -0.2) is 60.1 Å². The second-order valence-corrected chi connectivity index (χ2v) is 8.31. The van der Waals surface area contributed by atoms with E-state index >= 15 is 0 Å². The number of ether oxygens (including phenoxy) is 3. The summed E-state index contributed by atoms with van der Waals surface area (Å²) >= 11 is 0. The van der Waals surface area contributed by atoms with Crippen LogP contribution in [0.3, 0.4) is 0 Å². The fraction of sp³-hybridized carbons (Fsp3) is 0.381. The number of rotatable bonds is 11. The van der Waals surface area contributed by atoms with Gasteiger partial charge in [-0.15, -0.1) is 0 Å². The van der Waals surface area contributed by atoms with E-state index in [-0.39, 0.29) is 11.8 Å². The molecule has 0 radical (unpaired) electrons. The second kappa shape index (κ2) is 11.4. The van der Waals surface area contributed by atoms with Gasteiger partial charge in [-0.25, -0.2) is 4.79 Å². The first kappa shape index (κ1) is 24.3. The number of nitrogens with zero attached hydrogens (tertiary/aromatic N) is 1. The van der Waals surface area contributed by atoms with Gasteiger partial charge in [0.1, 0.15) is 17.2 Å². The van der Waals surface area contributed by atoms with Crippen molar-refractivity contribution in [3.05, 3.63) is 48.0 Å². The molecule has 9 nitrogen and oxygen atoms in total. The lowest BCUT2D eigenvalue weighted by molar-refractivity contribution is 0.171. The summed E-state index contributed by atoms with van der Waals surface area (Å²) in [7, 11) is 1.08. The average molecular weight is 453 g/mol. The van der Waals surface area contributed by atoms with E-state index in [1.165, 1.54) is 14.2 Å². The van der Waals surface area contributed by atoms with Gasteiger partial charge in [-0.1, -0.05) is 12.1 Å². The zero-order valence-electron chi connectivity index (χ0n) is 18.1. The Morgan fingerprint density at radius 2 is 1.58 bits per heavy atom. The van der Waals surface area contributed by atoms with E-state index in [0.29, 0.717) is 43.3 Å². The molecule has 0 fully saturated rings. The molecule has 0 saturated carbocycles. The molecular formula is C21H28N2O7S. The van der Waals surface area contributed by atoms with Crippen LogP contribution in [-0.2, 0) is 21.4 Å². The molecule has 170 valence electrons. The first-order valence-electron chi connectivity index (χ1n) is 9.50. The Hall–Kier alpha value is -2.98. The maximum absolute atomic E-state index is 13.0. The molecule has 31 heavy (non-hydrogen) atoms. The van der Waals surface area contributed by atoms with E-state index in [1.807, 2.05) is 0 Å². The van der Waals surface area contributed by atoms with Gasteiger partial charge in [-0.3, -0.25) is 0 Å². The summed E-state index contributed by atoms with van der Waals surface area (Å²) in [6.45, 7) is 1.29. The molecule has 0 aliphatic rings. The van der Waals surface area contributed by atoms with Crippen LogP contribution in [0.1, 0.15) is 12.0 Å². The molecule has 1 N–H and O–H groups in total. The third kappa shape index (κ3) is 8.35. The van der Waals surface area contributed by atoms with Crippen molar-refractivity contribution in [3.63, 3.8) is 0 Å². The molecule has 0 aromatic heterocycles. The minimum absolute atomic E-state index is 0.213. The van der Waals surface area contributed by atoms with Gasteiger partial charge < -0.3 is 28.6 Å². The van der Waals surface area contributed by atoms with Crippen LogP contribution in [0, 0.1) is 0 Å². The SMILES string of the molecule is COCCCN(Cc1ccc(OS(C)(=O)=O)cc1)C(=O)Nc1cc(OC)cc(OC)c1. The van der Waals surface area contributed by atoms with Gasteiger partial charge in [-0.2, -0.15) is 8.42 Å². The summed E-state index contributed by atoms with van der Waals surface area (Å²) in [6, 6.07) is 11.3. The highest BCUT2D eigenvalue weighted by atomic mass is 32.2. The van der Waals surface area contributed by atoms with Gasteiger partial charge in [-0.05, 0) is 24.1 Å². The number of benzene rings is 2. The van der Waals surface area contributed by atoms with Gasteiger partial charge in [0.05, 0.1) is 20.5 Å². The minimum Gasteiger partial charge on any atom is -0.497 e. The van der Waals surface area contributed by atoms with Crippen molar-refractivity contribution in [1.82, 2.24) is 4.90 Å². The van der Waals surface area contributed by atoms with Crippen LogP contribution in [0.15, 0.2) is 42.5 Å². The van der Waals surface area contributed by atoms with E-state index in [1.54, 1.807) is 54.5 Å². The first-order chi connectivity index (χ1) is 14.7. The molecule has 2 rings (SSSR count). The van der Waals surface area contributed by atoms with Crippen molar-refractivity contribution in [2.24, 2.45) is 0 Å². The highest BCUT2D eigenvalue weighted by Gasteiger charge is 2.16. The number of urea groups is 1. The molecular weight excluding hydrogens is 424 g/mol. The Morgan fingerprint density at radius 3 is 2.10 bits per heavy atom. The molecule has 0 saturated heterocycles. The minimum atomic E-state index is -3.60. The number of hydrogen-bond donors (Lipinski definition) is 1. The number of hydrogen-bond acceptors (Lipinski definition) is 7. The summed E-state index contributed by atoms with van der Waals surface area (Å²) in [6.07, 6.45) is 1.64. The number of amides is 2. The maximum atomic E-state index is 13.0. The molecule has 0 atom stereocenters. The van der Waals surface area contributed by atoms with Gasteiger partial charge in [0, 0.05) is 50.7 Å². The number of anilines is 1. The Morgan fingerprint density at radius 1 is 0.968 bits per heavy atom. The molecule has 0 heterocycles. The van der Waals surface area contributed by atoms with Crippen LogP contribution in [0.4, 0.5) is 10.5 Å². The molecule has 2 aromatic rings. The topological polar surface area (TPSA) is 103 Å². The quantitative estimate of drug-likeness (QED) is 0.413. The third-order valence-electron chi connectivity index (χ3n) is 4.21. The van der Waals surface area contributed by atoms with Crippen LogP contribution < -0.4 is 19.0 Å². The Kier molecular flexibility index (Phi) is 8.95. The van der Waals surface area contributed by atoms with Crippen molar-refractivity contribution in [3.8, 4) is 17.2 Å². The standard InChI is InChI=1S/C21H28N2O7S/c1-27-11-5-10-23(15-16-6-8-18(9-7-16)30-31(4,25)26)21(24)22-17-12-19(28-2)14-20(13-17)29-3/h6-9,12-14H,5,10-11,15H2,1-4H3,(H,22,24). The van der Waals surface area contributed by atoms with Crippen LogP contribution in [0.5, 0.6) is 17.2 Å². The highest BCUT2D eigenvalue weighted by Crippen LogP contribution is 2.26. The zero-order valence-corrected chi connectivity index (χ0v) is 18.9. The van der Waals surface area contributed by atoms with E-state index in [4.69, 9.17) is 18.4 Å². The van der Waals surface area contributed by atoms with E-state index in [9.17, 15) is 13.2 Å². The molecule has 0 aliphatic carbocycles. The summed E-state index contributed by atoms with van der Waals surface area (Å²) in [5.41, 5.74) is 1.35. The predicted molar refractivity (Wildman–Crippen MR) is 117 cm³/mol. The van der Waals surface area contributed by atoms with Gasteiger partial charge >= 0.3 is 16.1 Å². The largest absolute Gasteiger partial charge is 0.497 e. The lowest BCUT2D eigenvalue weighted by Crippen LogP contribution is -2.35. The maximum Gasteiger partial charge on any atom is 0.322 e. The van der Waals surface area contributed by atoms with Crippen LogP contribution in [0.2, 0.25) is 0 Å². The predicted octanol–water partition coefficient (Wildman–Crippen LogP) is 3.11. The number of carbonyl (C=O) groups is 1. The van der Waals surface area contributed by atoms with Gasteiger partial charge in [0.2, 0.25) is 0 Å². The second-order valence-electron chi connectivity index (χ2n) is 6.73. The Labute approximate surface area is 183 Å². The normalized spacial score (nSPS) is 11.0. The molecule has 2 aromatic carbocycles. The molecule has 10 heteroatoms. The average Bonchev–Trinajstić information content (AvgIpc) is 2.73. The number of methoxy groups -OCH3 is 3. The van der Waals surface area contributed by atoms with Crippen LogP contribution in [0.25, 0.3) is 0 Å². The molecule has 0 spiro atoms. The summed E-state index contributed by atoms with van der Waals surface area (Å²) in [4.78, 5) is 14.6.